The van der Waals surface area contributed by atoms with Crippen LogP contribution in [-0.4, -0.2) is 21.7 Å². The second-order valence-corrected chi connectivity index (χ2v) is 5.68. The number of carbonyl (C=O) groups is 1. The first-order valence-electron chi connectivity index (χ1n) is 8.03. The summed E-state index contributed by atoms with van der Waals surface area (Å²) in [6, 6.07) is 13.1. The lowest BCUT2D eigenvalue weighted by Gasteiger charge is -2.14. The number of carbonyl (C=O) groups excluding carboxylic acids is 1. The Morgan fingerprint density at radius 1 is 1.22 bits per heavy atom. The van der Waals surface area contributed by atoms with Gasteiger partial charge in [-0.3, -0.25) is 9.59 Å². The molecule has 1 amide bonds. The number of aromatic nitrogens is 2. The highest BCUT2D eigenvalue weighted by Crippen LogP contribution is 2.05. The molecule has 1 aromatic carbocycles. The molecule has 0 bridgehead atoms. The Balaban J connectivity index is 1.93. The molecule has 0 saturated carbocycles. The van der Waals surface area contributed by atoms with Gasteiger partial charge in [0, 0.05) is 18.7 Å². The van der Waals surface area contributed by atoms with Crippen molar-refractivity contribution in [3.63, 3.8) is 0 Å². The molecule has 1 N–H and O–H groups in total. The van der Waals surface area contributed by atoms with Crippen molar-refractivity contribution in [2.45, 2.75) is 45.7 Å². The van der Waals surface area contributed by atoms with Crippen LogP contribution in [0.4, 0.5) is 0 Å². The Bertz CT molecular complexity index is 695. The minimum Gasteiger partial charge on any atom is -0.348 e. The van der Waals surface area contributed by atoms with E-state index in [1.165, 1.54) is 22.4 Å². The number of rotatable bonds is 7. The predicted molar refractivity (Wildman–Crippen MR) is 90.5 cm³/mol. The Morgan fingerprint density at radius 2 is 1.96 bits per heavy atom. The fourth-order valence-electron chi connectivity index (χ4n) is 2.34. The number of amides is 1. The molecule has 0 saturated heterocycles. The summed E-state index contributed by atoms with van der Waals surface area (Å²) < 4.78 is 1.34. The standard InChI is InChI=1S/C18H23N3O2/c1-3-13-21-17(22)12-11-16(20-21)18(23)19-14(2)9-10-15-7-5-4-6-8-15/h4-8,11-12,14H,3,9-10,13H2,1-2H3,(H,19,23). The van der Waals surface area contributed by atoms with Gasteiger partial charge in [-0.25, -0.2) is 4.68 Å². The van der Waals surface area contributed by atoms with Gasteiger partial charge in [0.15, 0.2) is 0 Å². The summed E-state index contributed by atoms with van der Waals surface area (Å²) >= 11 is 0. The van der Waals surface area contributed by atoms with Crippen LogP contribution in [0, 0.1) is 0 Å². The summed E-state index contributed by atoms with van der Waals surface area (Å²) in [5, 5.41) is 7.06. The van der Waals surface area contributed by atoms with E-state index in [1.54, 1.807) is 0 Å². The third-order valence-electron chi connectivity index (χ3n) is 3.62. The molecule has 2 aromatic rings. The number of hydrogen-bond donors (Lipinski definition) is 1. The summed E-state index contributed by atoms with van der Waals surface area (Å²) in [4.78, 5) is 23.9. The number of nitrogens with zero attached hydrogens (tertiary/aromatic N) is 2. The molecule has 122 valence electrons. The van der Waals surface area contributed by atoms with Crippen molar-refractivity contribution in [3.8, 4) is 0 Å². The van der Waals surface area contributed by atoms with Gasteiger partial charge in [0.05, 0.1) is 0 Å². The average molecular weight is 313 g/mol. The molecule has 0 aliphatic carbocycles. The highest BCUT2D eigenvalue weighted by molar-refractivity contribution is 5.92. The average Bonchev–Trinajstić information content (AvgIpc) is 2.56. The van der Waals surface area contributed by atoms with Gasteiger partial charge in [0.25, 0.3) is 11.5 Å². The maximum atomic E-state index is 12.2. The summed E-state index contributed by atoms with van der Waals surface area (Å²) in [6.45, 7) is 4.46. The maximum Gasteiger partial charge on any atom is 0.271 e. The van der Waals surface area contributed by atoms with Crippen LogP contribution in [0.15, 0.2) is 47.3 Å². The van der Waals surface area contributed by atoms with E-state index in [9.17, 15) is 9.59 Å². The van der Waals surface area contributed by atoms with Gasteiger partial charge in [-0.2, -0.15) is 5.10 Å². The summed E-state index contributed by atoms with van der Waals surface area (Å²) in [7, 11) is 0. The molecule has 0 fully saturated rings. The highest BCUT2D eigenvalue weighted by atomic mass is 16.2. The number of aryl methyl sites for hydroxylation is 2. The Morgan fingerprint density at radius 3 is 2.65 bits per heavy atom. The molecule has 23 heavy (non-hydrogen) atoms. The number of benzene rings is 1. The second-order valence-electron chi connectivity index (χ2n) is 5.68. The van der Waals surface area contributed by atoms with Crippen LogP contribution < -0.4 is 10.9 Å². The van der Waals surface area contributed by atoms with Crippen LogP contribution in [0.3, 0.4) is 0 Å². The summed E-state index contributed by atoms with van der Waals surface area (Å²) in [5.41, 5.74) is 1.35. The van der Waals surface area contributed by atoms with Gasteiger partial charge in [-0.15, -0.1) is 0 Å². The second kappa shape index (κ2) is 8.27. The minimum absolute atomic E-state index is 0.0380. The van der Waals surface area contributed by atoms with E-state index in [4.69, 9.17) is 0 Å². The zero-order chi connectivity index (χ0) is 16.7. The lowest BCUT2D eigenvalue weighted by molar-refractivity contribution is 0.0930. The molecule has 5 nitrogen and oxygen atoms in total. The molecule has 1 unspecified atom stereocenters. The quantitative estimate of drug-likeness (QED) is 0.853. The molecule has 0 spiro atoms. The lowest BCUT2D eigenvalue weighted by atomic mass is 10.1. The fraction of sp³-hybridized carbons (Fsp3) is 0.389. The van der Waals surface area contributed by atoms with E-state index >= 15 is 0 Å². The lowest BCUT2D eigenvalue weighted by Crippen LogP contribution is -2.35. The van der Waals surface area contributed by atoms with Crippen molar-refractivity contribution in [2.75, 3.05) is 0 Å². The predicted octanol–water partition coefficient (Wildman–Crippen LogP) is 2.40. The van der Waals surface area contributed by atoms with Gasteiger partial charge in [0.2, 0.25) is 0 Å². The molecule has 1 heterocycles. The van der Waals surface area contributed by atoms with Gasteiger partial charge in [-0.1, -0.05) is 37.3 Å². The first kappa shape index (κ1) is 16.9. The van der Waals surface area contributed by atoms with Crippen LogP contribution in [0.1, 0.15) is 42.7 Å². The molecule has 1 atom stereocenters. The third kappa shape index (κ3) is 5.06. The van der Waals surface area contributed by atoms with E-state index in [0.29, 0.717) is 6.54 Å². The van der Waals surface area contributed by atoms with E-state index in [1.807, 2.05) is 32.0 Å². The SMILES string of the molecule is CCCn1nc(C(=O)NC(C)CCc2ccccc2)ccc1=O. The third-order valence-corrected chi connectivity index (χ3v) is 3.62. The smallest absolute Gasteiger partial charge is 0.271 e. The van der Waals surface area contributed by atoms with Gasteiger partial charge >= 0.3 is 0 Å². The van der Waals surface area contributed by atoms with E-state index in [2.05, 4.69) is 22.5 Å². The van der Waals surface area contributed by atoms with Crippen LogP contribution >= 0.6 is 0 Å². The molecule has 0 aliphatic rings. The molecular formula is C18H23N3O2. The minimum atomic E-state index is -0.240. The Kier molecular flexibility index (Phi) is 6.09. The van der Waals surface area contributed by atoms with Crippen LogP contribution in [0.25, 0.3) is 0 Å². The normalized spacial score (nSPS) is 11.9. The van der Waals surface area contributed by atoms with Crippen LogP contribution in [0.5, 0.6) is 0 Å². The van der Waals surface area contributed by atoms with Gasteiger partial charge < -0.3 is 5.32 Å². The van der Waals surface area contributed by atoms with E-state index < -0.39 is 0 Å². The zero-order valence-electron chi connectivity index (χ0n) is 13.7. The number of nitrogens with one attached hydrogen (secondary N) is 1. The molecule has 0 radical (unpaired) electrons. The van der Waals surface area contributed by atoms with Crippen molar-refractivity contribution in [1.29, 1.82) is 0 Å². The molecular weight excluding hydrogens is 290 g/mol. The van der Waals surface area contributed by atoms with Crippen molar-refractivity contribution in [2.24, 2.45) is 0 Å². The van der Waals surface area contributed by atoms with Crippen molar-refractivity contribution in [1.82, 2.24) is 15.1 Å². The largest absolute Gasteiger partial charge is 0.348 e. The summed E-state index contributed by atoms with van der Waals surface area (Å²) in [6.07, 6.45) is 2.56. The maximum absolute atomic E-state index is 12.2. The molecule has 0 aliphatic heterocycles. The molecule has 5 heteroatoms. The summed E-state index contributed by atoms with van der Waals surface area (Å²) in [5.74, 6) is -0.240. The first-order chi connectivity index (χ1) is 11.1. The van der Waals surface area contributed by atoms with Crippen molar-refractivity contribution in [3.05, 3.63) is 64.1 Å². The van der Waals surface area contributed by atoms with Crippen LogP contribution in [0.2, 0.25) is 0 Å². The van der Waals surface area contributed by atoms with E-state index in [-0.39, 0.29) is 23.2 Å². The Hall–Kier alpha value is -2.43. The van der Waals surface area contributed by atoms with E-state index in [0.717, 1.165) is 19.3 Å². The topological polar surface area (TPSA) is 64.0 Å². The van der Waals surface area contributed by atoms with Crippen molar-refractivity contribution >= 4 is 5.91 Å². The van der Waals surface area contributed by atoms with Crippen molar-refractivity contribution < 1.29 is 4.79 Å². The monoisotopic (exact) mass is 313 g/mol. The Labute approximate surface area is 136 Å². The fourth-order valence-corrected chi connectivity index (χ4v) is 2.34. The van der Waals surface area contributed by atoms with Crippen LogP contribution in [-0.2, 0) is 13.0 Å². The number of hydrogen-bond acceptors (Lipinski definition) is 3. The first-order valence-corrected chi connectivity index (χ1v) is 8.03. The molecule has 1 aromatic heterocycles. The van der Waals surface area contributed by atoms with Gasteiger partial charge in [0.1, 0.15) is 5.69 Å². The zero-order valence-corrected chi connectivity index (χ0v) is 13.7. The molecule has 2 rings (SSSR count). The van der Waals surface area contributed by atoms with Gasteiger partial charge in [-0.05, 0) is 37.8 Å². The highest BCUT2D eigenvalue weighted by Gasteiger charge is 2.12.